The van der Waals surface area contributed by atoms with Gasteiger partial charge >= 0.3 is 0 Å². The smallest absolute Gasteiger partial charge is 0.268 e. The molecule has 0 fully saturated rings. The molecule has 0 saturated heterocycles. The van der Waals surface area contributed by atoms with Crippen molar-refractivity contribution in [2.45, 2.75) is 11.4 Å². The molecule has 0 aliphatic rings. The van der Waals surface area contributed by atoms with E-state index in [0.717, 1.165) is 3.97 Å². The van der Waals surface area contributed by atoms with Crippen molar-refractivity contribution in [1.82, 2.24) is 8.87 Å². The zero-order chi connectivity index (χ0) is 17.3. The molecule has 124 valence electrons. The Bertz CT molecular complexity index is 965. The van der Waals surface area contributed by atoms with Gasteiger partial charge in [-0.25, -0.2) is 16.8 Å². The molecular weight excluding hydrogens is 327 g/mol. The second-order valence-corrected chi connectivity index (χ2v) is 7.34. The van der Waals surface area contributed by atoms with E-state index in [1.54, 1.807) is 35.7 Å². The number of fused-ring (bicyclic) bond motifs is 1. The van der Waals surface area contributed by atoms with Gasteiger partial charge in [0.25, 0.3) is 10.0 Å². The van der Waals surface area contributed by atoms with Crippen LogP contribution in [0.1, 0.15) is 5.56 Å². The third-order valence-electron chi connectivity index (χ3n) is 3.85. The minimum atomic E-state index is -3.77. The average Bonchev–Trinajstić information content (AvgIpc) is 3.00. The number of hydrogen-bond acceptors (Lipinski definition) is 3. The van der Waals surface area contributed by atoms with Gasteiger partial charge in [0, 0.05) is 24.7 Å². The number of nitrogens with zero attached hydrogens (tertiary/aromatic N) is 2. The second-order valence-electron chi connectivity index (χ2n) is 5.53. The van der Waals surface area contributed by atoms with E-state index in [4.69, 9.17) is 0 Å². The van der Waals surface area contributed by atoms with Gasteiger partial charge in [0.05, 0.1) is 10.4 Å². The SMILES string of the molecule is [CH2][CH]N(C)Cc1cc(F)cc2c1ccn2S(=O)(=O)c1ccccc1. The number of hydrogen-bond donors (Lipinski definition) is 0. The number of aromatic nitrogens is 1. The minimum absolute atomic E-state index is 0.163. The fraction of sp³-hybridized carbons (Fsp3) is 0.111. The summed E-state index contributed by atoms with van der Waals surface area (Å²) in [7, 11) is -1.95. The van der Waals surface area contributed by atoms with Crippen LogP contribution in [0.4, 0.5) is 4.39 Å². The molecule has 24 heavy (non-hydrogen) atoms. The Morgan fingerprint density at radius 3 is 2.58 bits per heavy atom. The van der Waals surface area contributed by atoms with E-state index in [1.165, 1.54) is 30.5 Å². The summed E-state index contributed by atoms with van der Waals surface area (Å²) in [6.07, 6.45) is 1.46. The molecule has 6 heteroatoms. The summed E-state index contributed by atoms with van der Waals surface area (Å²) in [6.45, 7) is 5.75. The molecule has 0 saturated carbocycles. The number of rotatable bonds is 5. The Hall–Kier alpha value is -2.18. The first kappa shape index (κ1) is 16.7. The van der Waals surface area contributed by atoms with E-state index in [2.05, 4.69) is 6.92 Å². The molecule has 4 nitrogen and oxygen atoms in total. The topological polar surface area (TPSA) is 42.3 Å². The highest BCUT2D eigenvalue weighted by Gasteiger charge is 2.20. The predicted molar refractivity (Wildman–Crippen MR) is 92.0 cm³/mol. The molecule has 2 aromatic carbocycles. The molecule has 0 bridgehead atoms. The zero-order valence-corrected chi connectivity index (χ0v) is 14.0. The van der Waals surface area contributed by atoms with Crippen molar-refractivity contribution < 1.29 is 12.8 Å². The normalized spacial score (nSPS) is 12.2. The van der Waals surface area contributed by atoms with E-state index >= 15 is 0 Å². The standard InChI is InChI=1S/C18H17FN2O2S/c1-3-20(2)13-14-11-15(19)12-18-17(14)9-10-21(18)24(22,23)16-7-5-4-6-8-16/h3-12H,1,13H2,2H3. The van der Waals surface area contributed by atoms with Gasteiger partial charge in [0.2, 0.25) is 0 Å². The Kier molecular flexibility index (Phi) is 4.43. The predicted octanol–water partition coefficient (Wildman–Crippen LogP) is 3.45. The summed E-state index contributed by atoms with van der Waals surface area (Å²) in [6, 6.07) is 12.5. The summed E-state index contributed by atoms with van der Waals surface area (Å²) in [4.78, 5) is 1.97. The van der Waals surface area contributed by atoms with E-state index in [9.17, 15) is 12.8 Å². The van der Waals surface area contributed by atoms with E-state index in [-0.39, 0.29) is 4.90 Å². The highest BCUT2D eigenvalue weighted by molar-refractivity contribution is 7.90. The molecule has 0 aliphatic carbocycles. The second kappa shape index (κ2) is 6.37. The van der Waals surface area contributed by atoms with Crippen LogP contribution < -0.4 is 0 Å². The maximum Gasteiger partial charge on any atom is 0.268 e. The molecule has 0 N–H and O–H groups in total. The van der Waals surface area contributed by atoms with Gasteiger partial charge in [-0.15, -0.1) is 0 Å². The Labute approximate surface area is 141 Å². The van der Waals surface area contributed by atoms with Gasteiger partial charge in [0.1, 0.15) is 5.82 Å². The highest BCUT2D eigenvalue weighted by atomic mass is 32.2. The zero-order valence-electron chi connectivity index (χ0n) is 13.2. The van der Waals surface area contributed by atoms with Crippen LogP contribution in [0.3, 0.4) is 0 Å². The van der Waals surface area contributed by atoms with E-state index < -0.39 is 15.8 Å². The van der Waals surface area contributed by atoms with Crippen molar-refractivity contribution in [3.05, 3.63) is 79.6 Å². The lowest BCUT2D eigenvalue weighted by Gasteiger charge is -2.15. The molecule has 3 rings (SSSR count). The molecule has 0 aliphatic heterocycles. The summed E-state index contributed by atoms with van der Waals surface area (Å²) in [5, 5.41) is 0.699. The third kappa shape index (κ3) is 2.95. The molecule has 1 heterocycles. The van der Waals surface area contributed by atoms with E-state index in [0.29, 0.717) is 23.0 Å². The van der Waals surface area contributed by atoms with Gasteiger partial charge in [0.15, 0.2) is 0 Å². The van der Waals surface area contributed by atoms with Crippen LogP contribution >= 0.6 is 0 Å². The van der Waals surface area contributed by atoms with Crippen LogP contribution in [0.2, 0.25) is 0 Å². The van der Waals surface area contributed by atoms with Crippen molar-refractivity contribution in [2.24, 2.45) is 0 Å². The first-order valence-electron chi connectivity index (χ1n) is 7.36. The molecule has 0 spiro atoms. The van der Waals surface area contributed by atoms with Gasteiger partial charge < -0.3 is 0 Å². The van der Waals surface area contributed by atoms with Crippen molar-refractivity contribution >= 4 is 20.9 Å². The molecule has 0 atom stereocenters. The minimum Gasteiger partial charge on any atom is -0.298 e. The van der Waals surface area contributed by atoms with Gasteiger partial charge in [-0.05, 0) is 49.9 Å². The summed E-state index contributed by atoms with van der Waals surface area (Å²) >= 11 is 0. The van der Waals surface area contributed by atoms with Crippen LogP contribution in [0.5, 0.6) is 0 Å². The lowest BCUT2D eigenvalue weighted by atomic mass is 10.1. The number of halogens is 1. The fourth-order valence-corrected chi connectivity index (χ4v) is 3.99. The van der Waals surface area contributed by atoms with Crippen molar-refractivity contribution in [1.29, 1.82) is 0 Å². The highest BCUT2D eigenvalue weighted by Crippen LogP contribution is 2.27. The monoisotopic (exact) mass is 344 g/mol. The van der Waals surface area contributed by atoms with Crippen LogP contribution in [0, 0.1) is 19.3 Å². The van der Waals surface area contributed by atoms with Gasteiger partial charge in [-0.2, -0.15) is 0 Å². The Morgan fingerprint density at radius 2 is 1.92 bits per heavy atom. The van der Waals surface area contributed by atoms with Crippen LogP contribution in [-0.2, 0) is 16.6 Å². The molecule has 3 aromatic rings. The van der Waals surface area contributed by atoms with Crippen molar-refractivity contribution in [2.75, 3.05) is 7.05 Å². The molecule has 0 amide bonds. The van der Waals surface area contributed by atoms with Crippen molar-refractivity contribution in [3.8, 4) is 0 Å². The van der Waals surface area contributed by atoms with Crippen LogP contribution in [0.15, 0.2) is 59.6 Å². The first-order valence-corrected chi connectivity index (χ1v) is 8.80. The lowest BCUT2D eigenvalue weighted by Crippen LogP contribution is -2.14. The summed E-state index contributed by atoms with van der Waals surface area (Å²) < 4.78 is 40.8. The van der Waals surface area contributed by atoms with E-state index in [1.807, 2.05) is 7.05 Å². The van der Waals surface area contributed by atoms with Crippen molar-refractivity contribution in [3.63, 3.8) is 0 Å². The largest absolute Gasteiger partial charge is 0.298 e. The average molecular weight is 344 g/mol. The van der Waals surface area contributed by atoms with Gasteiger partial charge in [-0.3, -0.25) is 4.90 Å². The lowest BCUT2D eigenvalue weighted by molar-refractivity contribution is 0.416. The Morgan fingerprint density at radius 1 is 1.21 bits per heavy atom. The first-order chi connectivity index (χ1) is 11.4. The Balaban J connectivity index is 2.18. The summed E-state index contributed by atoms with van der Waals surface area (Å²) in [5.41, 5.74) is 1.03. The molecular formula is C18H17FN2O2S. The molecule has 0 unspecified atom stereocenters. The maximum atomic E-state index is 14.0. The quantitative estimate of drug-likeness (QED) is 0.712. The third-order valence-corrected chi connectivity index (χ3v) is 5.56. The van der Waals surface area contributed by atoms with Crippen LogP contribution in [0.25, 0.3) is 10.9 Å². The van der Waals surface area contributed by atoms with Gasteiger partial charge in [-0.1, -0.05) is 18.2 Å². The molecule has 2 radical (unpaired) electrons. The number of benzene rings is 2. The maximum absolute atomic E-state index is 14.0. The fourth-order valence-electron chi connectivity index (χ4n) is 2.64. The summed E-state index contributed by atoms with van der Waals surface area (Å²) in [5.74, 6) is -0.474. The van der Waals surface area contributed by atoms with Crippen LogP contribution in [-0.4, -0.2) is 24.3 Å². The molecule has 1 aromatic heterocycles.